The highest BCUT2D eigenvalue weighted by Crippen LogP contribution is 2.19. The van der Waals surface area contributed by atoms with Crippen LogP contribution in [-0.2, 0) is 16.6 Å². The number of nitrogens with zero attached hydrogens (tertiary/aromatic N) is 2. The molecule has 0 aliphatic rings. The van der Waals surface area contributed by atoms with E-state index in [1.165, 1.54) is 0 Å². The predicted octanol–water partition coefficient (Wildman–Crippen LogP) is 1.14. The van der Waals surface area contributed by atoms with E-state index in [-0.39, 0.29) is 0 Å². The highest BCUT2D eigenvalue weighted by atomic mass is 16.3. The number of ketones is 2. The SMILES string of the molecule is CC[C@H](C(=O)C(=O)C(O)c1ccccc1)n1cc[n+](C)c1. The van der Waals surface area contributed by atoms with E-state index in [0.29, 0.717) is 12.0 Å². The molecule has 1 aromatic heterocycles. The van der Waals surface area contributed by atoms with Gasteiger partial charge < -0.3 is 5.11 Å². The number of aromatic nitrogens is 2. The molecule has 0 aliphatic carbocycles. The summed E-state index contributed by atoms with van der Waals surface area (Å²) in [4.78, 5) is 24.6. The molecule has 1 heterocycles. The number of rotatable bonds is 6. The normalized spacial score (nSPS) is 13.7. The van der Waals surface area contributed by atoms with Crippen molar-refractivity contribution < 1.29 is 19.3 Å². The molecule has 0 saturated carbocycles. The number of Topliss-reactive ketones (excluding diaryl/α,β-unsaturated/α-hetero) is 2. The number of imidazole rings is 1. The summed E-state index contributed by atoms with van der Waals surface area (Å²) in [7, 11) is 1.84. The van der Waals surface area contributed by atoms with E-state index in [0.717, 1.165) is 0 Å². The predicted molar refractivity (Wildman–Crippen MR) is 76.4 cm³/mol. The van der Waals surface area contributed by atoms with E-state index in [2.05, 4.69) is 0 Å². The van der Waals surface area contributed by atoms with Gasteiger partial charge in [0.1, 0.15) is 18.5 Å². The van der Waals surface area contributed by atoms with E-state index in [4.69, 9.17) is 0 Å². The van der Waals surface area contributed by atoms with E-state index in [1.54, 1.807) is 58.2 Å². The van der Waals surface area contributed by atoms with E-state index in [1.807, 2.05) is 14.0 Å². The summed E-state index contributed by atoms with van der Waals surface area (Å²) in [5, 5.41) is 10.1. The molecule has 2 atom stereocenters. The van der Waals surface area contributed by atoms with E-state index >= 15 is 0 Å². The Morgan fingerprint density at radius 1 is 1.24 bits per heavy atom. The third-order valence-corrected chi connectivity index (χ3v) is 3.45. The van der Waals surface area contributed by atoms with Gasteiger partial charge in [0.25, 0.3) is 0 Å². The monoisotopic (exact) mass is 287 g/mol. The smallest absolute Gasteiger partial charge is 0.246 e. The number of hydrogen-bond donors (Lipinski definition) is 1. The number of aliphatic hydroxyl groups excluding tert-OH is 1. The van der Waals surface area contributed by atoms with Crippen molar-refractivity contribution in [2.45, 2.75) is 25.5 Å². The molecule has 0 spiro atoms. The van der Waals surface area contributed by atoms with Gasteiger partial charge in [0.15, 0.2) is 6.04 Å². The summed E-state index contributed by atoms with van der Waals surface area (Å²) in [6.45, 7) is 1.84. The van der Waals surface area contributed by atoms with Crippen LogP contribution in [0.2, 0.25) is 0 Å². The number of aliphatic hydroxyl groups is 1. The third-order valence-electron chi connectivity index (χ3n) is 3.45. The zero-order valence-electron chi connectivity index (χ0n) is 12.1. The molecule has 1 unspecified atom stereocenters. The van der Waals surface area contributed by atoms with Crippen LogP contribution in [0.15, 0.2) is 49.1 Å². The summed E-state index contributed by atoms with van der Waals surface area (Å²) < 4.78 is 3.49. The molecule has 21 heavy (non-hydrogen) atoms. The molecular formula is C16H19N2O3+. The van der Waals surface area contributed by atoms with Crippen LogP contribution in [0, 0.1) is 0 Å². The summed E-state index contributed by atoms with van der Waals surface area (Å²) in [6, 6.07) is 7.91. The van der Waals surface area contributed by atoms with Gasteiger partial charge >= 0.3 is 0 Å². The van der Waals surface area contributed by atoms with Crippen LogP contribution in [0.4, 0.5) is 0 Å². The molecule has 1 N–H and O–H groups in total. The molecule has 0 saturated heterocycles. The first kappa shape index (κ1) is 15.1. The highest BCUT2D eigenvalue weighted by Gasteiger charge is 2.33. The molecular weight excluding hydrogens is 268 g/mol. The first-order valence-electron chi connectivity index (χ1n) is 6.88. The lowest BCUT2D eigenvalue weighted by Crippen LogP contribution is -2.31. The number of carbonyl (C=O) groups excluding carboxylic acids is 2. The molecule has 110 valence electrons. The number of benzene rings is 1. The highest BCUT2D eigenvalue weighted by molar-refractivity contribution is 6.40. The van der Waals surface area contributed by atoms with Crippen LogP contribution in [0.25, 0.3) is 0 Å². The Kier molecular flexibility index (Phi) is 4.65. The quantitative estimate of drug-likeness (QED) is 0.640. The van der Waals surface area contributed by atoms with Crippen LogP contribution in [-0.4, -0.2) is 21.2 Å². The minimum Gasteiger partial charge on any atom is -0.380 e. The Morgan fingerprint density at radius 3 is 2.43 bits per heavy atom. The van der Waals surface area contributed by atoms with E-state index in [9.17, 15) is 14.7 Å². The van der Waals surface area contributed by atoms with E-state index < -0.39 is 23.7 Å². The fourth-order valence-electron chi connectivity index (χ4n) is 2.27. The maximum atomic E-state index is 12.4. The van der Waals surface area contributed by atoms with Crippen molar-refractivity contribution in [1.82, 2.24) is 4.57 Å². The Hall–Kier alpha value is -2.27. The van der Waals surface area contributed by atoms with Crippen molar-refractivity contribution >= 4 is 11.6 Å². The minimum absolute atomic E-state index is 0.434. The van der Waals surface area contributed by atoms with Gasteiger partial charge in [-0.2, -0.15) is 0 Å². The molecule has 0 bridgehead atoms. The lowest BCUT2D eigenvalue weighted by atomic mass is 9.98. The summed E-state index contributed by atoms with van der Waals surface area (Å²) in [5.74, 6) is -1.35. The maximum Gasteiger partial charge on any atom is 0.246 e. The van der Waals surface area contributed by atoms with Crippen molar-refractivity contribution in [2.75, 3.05) is 0 Å². The summed E-state index contributed by atoms with van der Waals surface area (Å²) in [5.41, 5.74) is 0.434. The van der Waals surface area contributed by atoms with Crippen LogP contribution in [0.3, 0.4) is 0 Å². The Balaban J connectivity index is 2.19. The van der Waals surface area contributed by atoms with Crippen molar-refractivity contribution in [3.05, 3.63) is 54.6 Å². The average Bonchev–Trinajstić information content (AvgIpc) is 2.93. The largest absolute Gasteiger partial charge is 0.380 e. The zero-order chi connectivity index (χ0) is 15.4. The summed E-state index contributed by atoms with van der Waals surface area (Å²) in [6.07, 6.45) is 4.37. The van der Waals surface area contributed by atoms with Gasteiger partial charge in [0.05, 0.1) is 7.05 Å². The second-order valence-electron chi connectivity index (χ2n) is 4.99. The van der Waals surface area contributed by atoms with Crippen molar-refractivity contribution in [3.63, 3.8) is 0 Å². The van der Waals surface area contributed by atoms with Crippen LogP contribution < -0.4 is 4.57 Å². The van der Waals surface area contributed by atoms with Gasteiger partial charge in [-0.05, 0) is 12.0 Å². The van der Waals surface area contributed by atoms with Crippen LogP contribution in [0.1, 0.15) is 31.1 Å². The Morgan fingerprint density at radius 2 is 1.90 bits per heavy atom. The minimum atomic E-state index is -1.41. The zero-order valence-corrected chi connectivity index (χ0v) is 12.1. The molecule has 5 nitrogen and oxygen atoms in total. The summed E-state index contributed by atoms with van der Waals surface area (Å²) >= 11 is 0. The van der Waals surface area contributed by atoms with Crippen molar-refractivity contribution in [3.8, 4) is 0 Å². The molecule has 0 amide bonds. The number of carbonyl (C=O) groups is 2. The molecule has 0 aliphatic heterocycles. The lowest BCUT2D eigenvalue weighted by molar-refractivity contribution is -0.671. The standard InChI is InChI=1S/C16H19N2O3/c1-3-13(18-10-9-17(2)11-18)15(20)16(21)14(19)12-7-5-4-6-8-12/h4-11,13-14,19H,3H2,1-2H3/q+1/t13-,14?/m1/s1. The topological polar surface area (TPSA) is 63.2 Å². The van der Waals surface area contributed by atoms with Crippen molar-refractivity contribution in [1.29, 1.82) is 0 Å². The van der Waals surface area contributed by atoms with Gasteiger partial charge in [0.2, 0.25) is 17.9 Å². The lowest BCUT2D eigenvalue weighted by Gasteiger charge is -2.13. The Bertz CT molecular complexity index is 634. The fraction of sp³-hybridized carbons (Fsp3) is 0.312. The maximum absolute atomic E-state index is 12.4. The third kappa shape index (κ3) is 3.25. The van der Waals surface area contributed by atoms with Gasteiger partial charge in [-0.3, -0.25) is 9.59 Å². The molecule has 0 fully saturated rings. The van der Waals surface area contributed by atoms with Gasteiger partial charge in [0, 0.05) is 0 Å². The van der Waals surface area contributed by atoms with Crippen LogP contribution >= 0.6 is 0 Å². The fourth-order valence-corrected chi connectivity index (χ4v) is 2.27. The molecule has 2 rings (SSSR count). The first-order chi connectivity index (χ1) is 10.0. The molecule has 0 radical (unpaired) electrons. The average molecular weight is 287 g/mol. The number of hydrogen-bond acceptors (Lipinski definition) is 3. The molecule has 5 heteroatoms. The second-order valence-corrected chi connectivity index (χ2v) is 4.99. The first-order valence-corrected chi connectivity index (χ1v) is 6.88. The Labute approximate surface area is 123 Å². The molecule has 1 aromatic carbocycles. The number of aryl methyl sites for hydroxylation is 1. The second kappa shape index (κ2) is 6.45. The van der Waals surface area contributed by atoms with Crippen LogP contribution in [0.5, 0.6) is 0 Å². The van der Waals surface area contributed by atoms with Gasteiger partial charge in [-0.15, -0.1) is 0 Å². The molecule has 2 aromatic rings. The van der Waals surface area contributed by atoms with Gasteiger partial charge in [-0.1, -0.05) is 37.3 Å². The van der Waals surface area contributed by atoms with Gasteiger partial charge in [-0.25, -0.2) is 9.13 Å². The van der Waals surface area contributed by atoms with Crippen molar-refractivity contribution in [2.24, 2.45) is 7.05 Å².